The van der Waals surface area contributed by atoms with E-state index in [2.05, 4.69) is 12.2 Å². The summed E-state index contributed by atoms with van der Waals surface area (Å²) in [6.45, 7) is 5.14. The number of carbonyl (C=O) groups is 1. The molecule has 0 aliphatic carbocycles. The first kappa shape index (κ1) is 13.1. The minimum atomic E-state index is -0.0377. The second-order valence-corrected chi connectivity index (χ2v) is 5.29. The number of carbonyl (C=O) groups excluding carboxylic acids is 1. The molecule has 1 aromatic rings. The van der Waals surface area contributed by atoms with Crippen LogP contribution < -0.4 is 10.2 Å². The number of benzene rings is 1. The van der Waals surface area contributed by atoms with Crippen molar-refractivity contribution in [2.75, 3.05) is 18.5 Å². The van der Waals surface area contributed by atoms with E-state index in [1.807, 2.05) is 38.2 Å². The standard InChI is InChI=1S/C15H22N2O/c1-11-6-4-8-13(10-11)17(3)15(18)14-12(2)7-5-9-16-14/h4,6,8,10,12,14,16H,5,7,9H2,1-3H3. The van der Waals surface area contributed by atoms with Crippen LogP contribution in [0.2, 0.25) is 0 Å². The van der Waals surface area contributed by atoms with Crippen LogP contribution in [0.4, 0.5) is 5.69 Å². The summed E-state index contributed by atoms with van der Waals surface area (Å²) in [7, 11) is 1.86. The van der Waals surface area contributed by atoms with Crippen molar-refractivity contribution >= 4 is 11.6 Å². The van der Waals surface area contributed by atoms with Crippen molar-refractivity contribution < 1.29 is 4.79 Å². The molecule has 2 unspecified atom stereocenters. The first-order valence-corrected chi connectivity index (χ1v) is 6.67. The van der Waals surface area contributed by atoms with Crippen LogP contribution in [-0.4, -0.2) is 25.5 Å². The van der Waals surface area contributed by atoms with Gasteiger partial charge in [-0.05, 0) is 49.9 Å². The Labute approximate surface area is 109 Å². The monoisotopic (exact) mass is 246 g/mol. The Morgan fingerprint density at radius 1 is 1.44 bits per heavy atom. The summed E-state index contributed by atoms with van der Waals surface area (Å²) in [6.07, 6.45) is 2.30. The van der Waals surface area contributed by atoms with E-state index in [0.29, 0.717) is 5.92 Å². The molecule has 0 aromatic heterocycles. The van der Waals surface area contributed by atoms with Crippen LogP contribution >= 0.6 is 0 Å². The van der Waals surface area contributed by atoms with E-state index in [4.69, 9.17) is 0 Å². The van der Waals surface area contributed by atoms with Crippen molar-refractivity contribution in [1.29, 1.82) is 0 Å². The average Bonchev–Trinajstić information content (AvgIpc) is 2.37. The largest absolute Gasteiger partial charge is 0.314 e. The summed E-state index contributed by atoms with van der Waals surface area (Å²) in [5, 5.41) is 3.34. The highest BCUT2D eigenvalue weighted by Crippen LogP contribution is 2.21. The molecular formula is C15H22N2O. The van der Waals surface area contributed by atoms with Gasteiger partial charge in [0.15, 0.2) is 0 Å². The Hall–Kier alpha value is -1.35. The predicted octanol–water partition coefficient (Wildman–Crippen LogP) is 2.35. The zero-order valence-corrected chi connectivity index (χ0v) is 11.4. The molecule has 0 radical (unpaired) electrons. The van der Waals surface area contributed by atoms with Gasteiger partial charge in [0, 0.05) is 12.7 Å². The van der Waals surface area contributed by atoms with E-state index in [-0.39, 0.29) is 11.9 Å². The molecule has 2 rings (SSSR count). The van der Waals surface area contributed by atoms with E-state index >= 15 is 0 Å². The maximum Gasteiger partial charge on any atom is 0.244 e. The lowest BCUT2D eigenvalue weighted by atomic mass is 9.92. The fourth-order valence-electron chi connectivity index (χ4n) is 2.55. The molecule has 0 saturated carbocycles. The molecule has 0 spiro atoms. The van der Waals surface area contributed by atoms with Gasteiger partial charge in [0.1, 0.15) is 0 Å². The molecule has 1 amide bonds. The number of piperidine rings is 1. The highest BCUT2D eigenvalue weighted by Gasteiger charge is 2.29. The number of amides is 1. The van der Waals surface area contributed by atoms with E-state index in [1.54, 1.807) is 4.90 Å². The van der Waals surface area contributed by atoms with Gasteiger partial charge < -0.3 is 10.2 Å². The van der Waals surface area contributed by atoms with Gasteiger partial charge in [-0.2, -0.15) is 0 Å². The summed E-state index contributed by atoms with van der Waals surface area (Å²) in [5.41, 5.74) is 2.15. The number of hydrogen-bond donors (Lipinski definition) is 1. The van der Waals surface area contributed by atoms with Gasteiger partial charge in [-0.25, -0.2) is 0 Å². The second-order valence-electron chi connectivity index (χ2n) is 5.29. The van der Waals surface area contributed by atoms with E-state index in [1.165, 1.54) is 12.0 Å². The lowest BCUT2D eigenvalue weighted by Gasteiger charge is -2.32. The fraction of sp³-hybridized carbons (Fsp3) is 0.533. The molecule has 2 atom stereocenters. The molecular weight excluding hydrogens is 224 g/mol. The van der Waals surface area contributed by atoms with Crippen LogP contribution in [0.1, 0.15) is 25.3 Å². The number of nitrogens with zero attached hydrogens (tertiary/aromatic N) is 1. The molecule has 18 heavy (non-hydrogen) atoms. The van der Waals surface area contributed by atoms with Crippen LogP contribution in [0.15, 0.2) is 24.3 Å². The third-order valence-corrected chi connectivity index (χ3v) is 3.76. The van der Waals surface area contributed by atoms with Crippen LogP contribution in [0, 0.1) is 12.8 Å². The van der Waals surface area contributed by atoms with Gasteiger partial charge in [-0.1, -0.05) is 19.1 Å². The molecule has 1 N–H and O–H groups in total. The number of nitrogens with one attached hydrogen (secondary N) is 1. The molecule has 1 saturated heterocycles. The molecule has 3 heteroatoms. The van der Waals surface area contributed by atoms with Gasteiger partial charge in [-0.3, -0.25) is 4.79 Å². The molecule has 1 heterocycles. The van der Waals surface area contributed by atoms with Crippen LogP contribution in [0.3, 0.4) is 0 Å². The van der Waals surface area contributed by atoms with Crippen LogP contribution in [-0.2, 0) is 4.79 Å². The van der Waals surface area contributed by atoms with E-state index < -0.39 is 0 Å². The number of aryl methyl sites for hydroxylation is 1. The summed E-state index contributed by atoms with van der Waals surface area (Å²) < 4.78 is 0. The van der Waals surface area contributed by atoms with Crippen LogP contribution in [0.25, 0.3) is 0 Å². The van der Waals surface area contributed by atoms with Crippen molar-refractivity contribution in [3.63, 3.8) is 0 Å². The molecule has 1 aromatic carbocycles. The lowest BCUT2D eigenvalue weighted by Crippen LogP contribution is -2.51. The summed E-state index contributed by atoms with van der Waals surface area (Å²) in [5.74, 6) is 0.589. The molecule has 1 aliphatic heterocycles. The Morgan fingerprint density at radius 3 is 2.89 bits per heavy atom. The molecule has 1 fully saturated rings. The predicted molar refractivity (Wildman–Crippen MR) is 74.8 cm³/mol. The minimum Gasteiger partial charge on any atom is -0.314 e. The molecule has 0 bridgehead atoms. The number of hydrogen-bond acceptors (Lipinski definition) is 2. The summed E-state index contributed by atoms with van der Waals surface area (Å²) in [4.78, 5) is 14.3. The number of likely N-dealkylation sites (N-methyl/N-ethyl adjacent to an activating group) is 1. The van der Waals surface area contributed by atoms with Crippen molar-refractivity contribution in [2.24, 2.45) is 5.92 Å². The molecule has 1 aliphatic rings. The van der Waals surface area contributed by atoms with Crippen molar-refractivity contribution in [3.05, 3.63) is 29.8 Å². The van der Waals surface area contributed by atoms with Crippen LogP contribution in [0.5, 0.6) is 0 Å². The highest BCUT2D eigenvalue weighted by atomic mass is 16.2. The summed E-state index contributed by atoms with van der Waals surface area (Å²) >= 11 is 0. The van der Waals surface area contributed by atoms with Gasteiger partial charge in [0.05, 0.1) is 6.04 Å². The van der Waals surface area contributed by atoms with E-state index in [9.17, 15) is 4.79 Å². The summed E-state index contributed by atoms with van der Waals surface area (Å²) in [6, 6.07) is 8.03. The third kappa shape index (κ3) is 2.72. The van der Waals surface area contributed by atoms with Gasteiger partial charge in [0.25, 0.3) is 0 Å². The normalized spacial score (nSPS) is 23.7. The SMILES string of the molecule is Cc1cccc(N(C)C(=O)C2NCCCC2C)c1. The Bertz CT molecular complexity index is 430. The number of anilines is 1. The van der Waals surface area contributed by atoms with Crippen molar-refractivity contribution in [2.45, 2.75) is 32.7 Å². The lowest BCUT2D eigenvalue weighted by molar-refractivity contribution is -0.121. The average molecular weight is 246 g/mol. The van der Waals surface area contributed by atoms with Gasteiger partial charge in [-0.15, -0.1) is 0 Å². The minimum absolute atomic E-state index is 0.0377. The maximum atomic E-state index is 12.5. The zero-order valence-electron chi connectivity index (χ0n) is 11.4. The smallest absolute Gasteiger partial charge is 0.244 e. The fourth-order valence-corrected chi connectivity index (χ4v) is 2.55. The topological polar surface area (TPSA) is 32.3 Å². The first-order chi connectivity index (χ1) is 8.59. The molecule has 98 valence electrons. The third-order valence-electron chi connectivity index (χ3n) is 3.76. The van der Waals surface area contributed by atoms with Crippen molar-refractivity contribution in [3.8, 4) is 0 Å². The van der Waals surface area contributed by atoms with Gasteiger partial charge >= 0.3 is 0 Å². The first-order valence-electron chi connectivity index (χ1n) is 6.67. The number of rotatable bonds is 2. The Balaban J connectivity index is 2.13. The van der Waals surface area contributed by atoms with Crippen molar-refractivity contribution in [1.82, 2.24) is 5.32 Å². The Morgan fingerprint density at radius 2 is 2.22 bits per heavy atom. The zero-order chi connectivity index (χ0) is 13.1. The maximum absolute atomic E-state index is 12.5. The second kappa shape index (κ2) is 5.53. The van der Waals surface area contributed by atoms with Gasteiger partial charge in [0.2, 0.25) is 5.91 Å². The highest BCUT2D eigenvalue weighted by molar-refractivity contribution is 5.97. The Kier molecular flexibility index (Phi) is 4.02. The molecule has 3 nitrogen and oxygen atoms in total. The quantitative estimate of drug-likeness (QED) is 0.868. The van der Waals surface area contributed by atoms with E-state index in [0.717, 1.165) is 18.7 Å².